The second-order valence-corrected chi connectivity index (χ2v) is 8.30. The summed E-state index contributed by atoms with van der Waals surface area (Å²) < 4.78 is 0. The largest absolute Gasteiger partial charge is 0.507 e. The first-order valence-corrected chi connectivity index (χ1v) is 10.4. The van der Waals surface area contributed by atoms with Gasteiger partial charge in [-0.2, -0.15) is 5.10 Å². The summed E-state index contributed by atoms with van der Waals surface area (Å²) in [4.78, 5) is 14.7. The lowest BCUT2D eigenvalue weighted by molar-refractivity contribution is 0.0955. The van der Waals surface area contributed by atoms with Crippen molar-refractivity contribution < 1.29 is 9.90 Å². The third-order valence-electron chi connectivity index (χ3n) is 5.42. The van der Waals surface area contributed by atoms with Gasteiger partial charge in [-0.05, 0) is 77.8 Å². The van der Waals surface area contributed by atoms with Gasteiger partial charge in [-0.1, -0.05) is 27.7 Å². The van der Waals surface area contributed by atoms with Gasteiger partial charge in [-0.15, -0.1) is 0 Å². The maximum Gasteiger partial charge on any atom is 0.271 e. The first kappa shape index (κ1) is 20.9. The van der Waals surface area contributed by atoms with Gasteiger partial charge >= 0.3 is 0 Å². The Kier molecular flexibility index (Phi) is 6.57. The molecule has 29 heavy (non-hydrogen) atoms. The Morgan fingerprint density at radius 3 is 2.10 bits per heavy atom. The van der Waals surface area contributed by atoms with Gasteiger partial charge in [0, 0.05) is 24.3 Å². The molecule has 2 N–H and O–H groups in total. The number of benzene rings is 2. The minimum atomic E-state index is -0.235. The Labute approximate surface area is 173 Å². The molecule has 0 aromatic heterocycles. The van der Waals surface area contributed by atoms with E-state index in [0.717, 1.165) is 35.5 Å². The number of anilines is 1. The van der Waals surface area contributed by atoms with E-state index in [2.05, 4.69) is 15.4 Å². The second-order valence-electron chi connectivity index (χ2n) is 8.30. The van der Waals surface area contributed by atoms with Gasteiger partial charge in [-0.25, -0.2) is 5.43 Å². The number of nitrogens with zero attached hydrogens (tertiary/aromatic N) is 2. The molecule has 2 aromatic carbocycles. The third kappa shape index (κ3) is 4.97. The number of hydrazone groups is 1. The summed E-state index contributed by atoms with van der Waals surface area (Å²) in [6.07, 6.45) is 4.09. The van der Waals surface area contributed by atoms with Crippen LogP contribution in [0.1, 0.15) is 79.4 Å². The van der Waals surface area contributed by atoms with Crippen molar-refractivity contribution in [2.24, 2.45) is 5.10 Å². The Morgan fingerprint density at radius 2 is 1.59 bits per heavy atom. The highest BCUT2D eigenvalue weighted by atomic mass is 16.3. The number of amides is 1. The molecule has 0 unspecified atom stereocenters. The van der Waals surface area contributed by atoms with Crippen LogP contribution in [0, 0.1) is 0 Å². The van der Waals surface area contributed by atoms with Crippen LogP contribution >= 0.6 is 0 Å². The highest BCUT2D eigenvalue weighted by Crippen LogP contribution is 2.34. The molecular formula is C24H31N3O2. The number of nitrogens with one attached hydrogen (secondary N) is 1. The Morgan fingerprint density at radius 1 is 1.03 bits per heavy atom. The molecule has 0 bridgehead atoms. The average molecular weight is 394 g/mol. The van der Waals surface area contributed by atoms with Crippen molar-refractivity contribution >= 4 is 17.8 Å². The predicted molar refractivity (Wildman–Crippen MR) is 119 cm³/mol. The van der Waals surface area contributed by atoms with Crippen molar-refractivity contribution in [3.8, 4) is 5.75 Å². The summed E-state index contributed by atoms with van der Waals surface area (Å²) >= 11 is 0. The van der Waals surface area contributed by atoms with E-state index in [0.29, 0.717) is 11.3 Å². The van der Waals surface area contributed by atoms with E-state index in [9.17, 15) is 9.90 Å². The predicted octanol–water partition coefficient (Wildman–Crippen LogP) is 5.00. The van der Waals surface area contributed by atoms with Gasteiger partial charge in [0.05, 0.1) is 6.21 Å². The van der Waals surface area contributed by atoms with Crippen LogP contribution in [0.5, 0.6) is 5.75 Å². The summed E-state index contributed by atoms with van der Waals surface area (Å²) in [5.41, 5.74) is 6.99. The molecule has 0 aliphatic carbocycles. The molecule has 1 aliphatic heterocycles. The summed E-state index contributed by atoms with van der Waals surface area (Å²) in [6, 6.07) is 11.5. The minimum absolute atomic E-state index is 0.199. The molecule has 1 heterocycles. The number of hydrogen-bond donors (Lipinski definition) is 2. The zero-order valence-corrected chi connectivity index (χ0v) is 17.8. The van der Waals surface area contributed by atoms with Gasteiger partial charge in [0.15, 0.2) is 0 Å². The molecule has 1 amide bonds. The van der Waals surface area contributed by atoms with E-state index in [-0.39, 0.29) is 17.7 Å². The highest BCUT2D eigenvalue weighted by Gasteiger charge is 2.15. The van der Waals surface area contributed by atoms with Gasteiger partial charge in [-0.3, -0.25) is 4.79 Å². The normalized spacial score (nSPS) is 14.3. The molecule has 3 rings (SSSR count). The second kappa shape index (κ2) is 9.12. The van der Waals surface area contributed by atoms with Crippen molar-refractivity contribution in [2.75, 3.05) is 18.0 Å². The quantitative estimate of drug-likeness (QED) is 0.536. The van der Waals surface area contributed by atoms with E-state index in [4.69, 9.17) is 0 Å². The number of rotatable bonds is 6. The van der Waals surface area contributed by atoms with Crippen LogP contribution in [0.3, 0.4) is 0 Å². The summed E-state index contributed by atoms with van der Waals surface area (Å²) in [5.74, 6) is 0.518. The van der Waals surface area contributed by atoms with Gasteiger partial charge < -0.3 is 10.0 Å². The van der Waals surface area contributed by atoms with E-state index < -0.39 is 0 Å². The van der Waals surface area contributed by atoms with Crippen LogP contribution in [0.2, 0.25) is 0 Å². The fraction of sp³-hybridized carbons (Fsp3) is 0.417. The lowest BCUT2D eigenvalue weighted by Gasteiger charge is -2.17. The van der Waals surface area contributed by atoms with Crippen molar-refractivity contribution in [3.63, 3.8) is 0 Å². The Bertz CT molecular complexity index is 850. The van der Waals surface area contributed by atoms with E-state index >= 15 is 0 Å². The van der Waals surface area contributed by atoms with E-state index in [1.54, 1.807) is 6.21 Å². The molecule has 1 saturated heterocycles. The fourth-order valence-corrected chi connectivity index (χ4v) is 3.69. The molecule has 0 spiro atoms. The number of phenolic OH excluding ortho intramolecular Hbond substituents is 1. The molecule has 1 fully saturated rings. The number of phenols is 1. The van der Waals surface area contributed by atoms with Crippen LogP contribution in [-0.2, 0) is 0 Å². The van der Waals surface area contributed by atoms with Crippen molar-refractivity contribution in [1.82, 2.24) is 5.43 Å². The SMILES string of the molecule is CC(C)c1cc(/C=N\NC(=O)c2ccc(N3CCCC3)cc2)cc(C(C)C)c1O. The van der Waals surface area contributed by atoms with Gasteiger partial charge in [0.1, 0.15) is 5.75 Å². The van der Waals surface area contributed by atoms with Crippen molar-refractivity contribution in [2.45, 2.75) is 52.4 Å². The molecule has 0 saturated carbocycles. The smallest absolute Gasteiger partial charge is 0.271 e. The zero-order chi connectivity index (χ0) is 21.0. The lowest BCUT2D eigenvalue weighted by Crippen LogP contribution is -2.19. The first-order valence-electron chi connectivity index (χ1n) is 10.4. The lowest BCUT2D eigenvalue weighted by atomic mass is 9.92. The number of aromatic hydroxyl groups is 1. The molecule has 2 aromatic rings. The molecular weight excluding hydrogens is 362 g/mol. The van der Waals surface area contributed by atoms with Gasteiger partial charge in [0.2, 0.25) is 0 Å². The third-order valence-corrected chi connectivity index (χ3v) is 5.42. The summed E-state index contributed by atoms with van der Waals surface area (Å²) in [6.45, 7) is 10.4. The molecule has 154 valence electrons. The molecule has 1 aliphatic rings. The maximum absolute atomic E-state index is 12.4. The standard InChI is InChI=1S/C24H31N3O2/c1-16(2)21-13-18(14-22(17(3)4)23(21)28)15-25-26-24(29)19-7-9-20(10-8-19)27-11-5-6-12-27/h7-10,13-17,28H,5-6,11-12H2,1-4H3,(H,26,29)/b25-15-. The zero-order valence-electron chi connectivity index (χ0n) is 17.8. The highest BCUT2D eigenvalue weighted by molar-refractivity contribution is 5.95. The summed E-state index contributed by atoms with van der Waals surface area (Å²) in [7, 11) is 0. The number of hydrogen-bond acceptors (Lipinski definition) is 4. The average Bonchev–Trinajstić information content (AvgIpc) is 3.23. The fourth-order valence-electron chi connectivity index (χ4n) is 3.69. The molecule has 0 atom stereocenters. The van der Waals surface area contributed by atoms with Crippen molar-refractivity contribution in [1.29, 1.82) is 0 Å². The Balaban J connectivity index is 1.69. The topological polar surface area (TPSA) is 64.9 Å². The molecule has 5 nitrogen and oxygen atoms in total. The molecule has 5 heteroatoms. The minimum Gasteiger partial charge on any atom is -0.507 e. The number of carbonyl (C=O) groups is 1. The van der Waals surface area contributed by atoms with Crippen LogP contribution in [0.25, 0.3) is 0 Å². The Hall–Kier alpha value is -2.82. The number of carbonyl (C=O) groups excluding carboxylic acids is 1. The first-order chi connectivity index (χ1) is 13.9. The van der Waals surface area contributed by atoms with Crippen molar-refractivity contribution in [3.05, 3.63) is 58.7 Å². The summed E-state index contributed by atoms with van der Waals surface area (Å²) in [5, 5.41) is 14.6. The van der Waals surface area contributed by atoms with Gasteiger partial charge in [0.25, 0.3) is 5.91 Å². The maximum atomic E-state index is 12.4. The van der Waals surface area contributed by atoms with Crippen LogP contribution in [-0.4, -0.2) is 30.3 Å². The molecule has 0 radical (unpaired) electrons. The van der Waals surface area contributed by atoms with E-state index in [1.165, 1.54) is 12.8 Å². The van der Waals surface area contributed by atoms with Crippen LogP contribution in [0.15, 0.2) is 41.5 Å². The monoisotopic (exact) mass is 393 g/mol. The van der Waals surface area contributed by atoms with Crippen LogP contribution < -0.4 is 10.3 Å². The van der Waals surface area contributed by atoms with Crippen LogP contribution in [0.4, 0.5) is 5.69 Å². The van der Waals surface area contributed by atoms with E-state index in [1.807, 2.05) is 64.1 Å².